The Morgan fingerprint density at radius 2 is 1.92 bits per heavy atom. The van der Waals surface area contributed by atoms with Crippen molar-refractivity contribution in [2.24, 2.45) is 0 Å². The molecule has 1 heterocycles. The maximum atomic E-state index is 13.7. The van der Waals surface area contributed by atoms with Crippen molar-refractivity contribution in [2.45, 2.75) is 0 Å². The molecule has 1 aliphatic heterocycles. The Labute approximate surface area is 142 Å². The van der Waals surface area contributed by atoms with Crippen LogP contribution in [-0.4, -0.2) is 37.2 Å². The molecule has 0 aromatic heterocycles. The van der Waals surface area contributed by atoms with E-state index >= 15 is 0 Å². The van der Waals surface area contributed by atoms with E-state index < -0.39 is 16.7 Å². The molecular formula is C17H15FN2O5. The molecule has 0 unspecified atom stereocenters. The highest BCUT2D eigenvalue weighted by atomic mass is 19.1. The molecule has 0 bridgehead atoms. The van der Waals surface area contributed by atoms with Crippen molar-refractivity contribution in [1.29, 1.82) is 0 Å². The maximum absolute atomic E-state index is 13.7. The zero-order valence-corrected chi connectivity index (χ0v) is 13.2. The molecule has 0 spiro atoms. The third kappa shape index (κ3) is 3.74. The van der Waals surface area contributed by atoms with E-state index in [9.17, 15) is 19.3 Å². The van der Waals surface area contributed by atoms with Gasteiger partial charge in [0, 0.05) is 25.2 Å². The number of halogens is 1. The monoisotopic (exact) mass is 346 g/mol. The number of nitro groups is 1. The fraction of sp³-hybridized carbons (Fsp3) is 0.235. The van der Waals surface area contributed by atoms with Gasteiger partial charge in [0.15, 0.2) is 11.6 Å². The van der Waals surface area contributed by atoms with E-state index in [4.69, 9.17) is 9.47 Å². The van der Waals surface area contributed by atoms with E-state index in [-0.39, 0.29) is 17.0 Å². The van der Waals surface area contributed by atoms with Crippen LogP contribution < -0.4 is 9.64 Å². The molecule has 0 amide bonds. The van der Waals surface area contributed by atoms with Crippen LogP contribution in [0.4, 0.5) is 15.8 Å². The van der Waals surface area contributed by atoms with Gasteiger partial charge in [0.1, 0.15) is 0 Å². The van der Waals surface area contributed by atoms with Crippen LogP contribution in [0.15, 0.2) is 42.5 Å². The fourth-order valence-corrected chi connectivity index (χ4v) is 2.56. The number of morpholine rings is 1. The van der Waals surface area contributed by atoms with Crippen molar-refractivity contribution < 1.29 is 23.6 Å². The molecular weight excluding hydrogens is 331 g/mol. The van der Waals surface area contributed by atoms with E-state index in [1.54, 1.807) is 0 Å². The summed E-state index contributed by atoms with van der Waals surface area (Å²) in [6.45, 7) is 2.05. The lowest BCUT2D eigenvalue weighted by Gasteiger charge is -2.30. The highest BCUT2D eigenvalue weighted by Gasteiger charge is 2.24. The average Bonchev–Trinajstić information content (AvgIpc) is 2.63. The van der Waals surface area contributed by atoms with Gasteiger partial charge in [-0.1, -0.05) is 12.1 Å². The number of esters is 1. The summed E-state index contributed by atoms with van der Waals surface area (Å²) in [7, 11) is 0. The third-order valence-corrected chi connectivity index (χ3v) is 3.80. The normalized spacial score (nSPS) is 14.2. The molecule has 0 radical (unpaired) electrons. The largest absolute Gasteiger partial charge is 0.420 e. The fourth-order valence-electron chi connectivity index (χ4n) is 2.56. The van der Waals surface area contributed by atoms with Crippen molar-refractivity contribution in [1.82, 2.24) is 0 Å². The van der Waals surface area contributed by atoms with Crippen molar-refractivity contribution in [2.75, 3.05) is 31.2 Å². The van der Waals surface area contributed by atoms with E-state index in [1.165, 1.54) is 36.4 Å². The standard InChI is InChI=1S/C17H15FN2O5/c18-14-3-1-2-4-16(14)25-17(21)13-11-12(20(22)23)5-6-15(13)19-7-9-24-10-8-19/h1-6,11H,7-10H2. The number of para-hydroxylation sites is 1. The Hall–Kier alpha value is -3.00. The molecule has 1 saturated heterocycles. The van der Waals surface area contributed by atoms with Gasteiger partial charge in [0.2, 0.25) is 0 Å². The van der Waals surface area contributed by atoms with Gasteiger partial charge in [0.25, 0.3) is 5.69 Å². The molecule has 0 saturated carbocycles. The van der Waals surface area contributed by atoms with Crippen LogP contribution >= 0.6 is 0 Å². The van der Waals surface area contributed by atoms with Gasteiger partial charge in [-0.05, 0) is 18.2 Å². The molecule has 0 aliphatic carbocycles. The van der Waals surface area contributed by atoms with Crippen LogP contribution in [0.3, 0.4) is 0 Å². The Kier molecular flexibility index (Phi) is 4.90. The van der Waals surface area contributed by atoms with Crippen LogP contribution in [0.2, 0.25) is 0 Å². The van der Waals surface area contributed by atoms with Gasteiger partial charge in [-0.25, -0.2) is 9.18 Å². The lowest BCUT2D eigenvalue weighted by atomic mass is 10.1. The summed E-state index contributed by atoms with van der Waals surface area (Å²) in [5.41, 5.74) is 0.270. The van der Waals surface area contributed by atoms with Gasteiger partial charge < -0.3 is 14.4 Å². The third-order valence-electron chi connectivity index (χ3n) is 3.80. The number of nitro benzene ring substituents is 1. The molecule has 1 aliphatic rings. The van der Waals surface area contributed by atoms with Gasteiger partial charge in [-0.3, -0.25) is 10.1 Å². The number of nitrogens with zero attached hydrogens (tertiary/aromatic N) is 2. The lowest BCUT2D eigenvalue weighted by Crippen LogP contribution is -2.37. The number of carbonyl (C=O) groups excluding carboxylic acids is 1. The minimum Gasteiger partial charge on any atom is -0.420 e. The van der Waals surface area contributed by atoms with Gasteiger partial charge in [-0.2, -0.15) is 0 Å². The van der Waals surface area contributed by atoms with E-state index in [1.807, 2.05) is 4.90 Å². The van der Waals surface area contributed by atoms with E-state index in [0.29, 0.717) is 32.0 Å². The number of anilines is 1. The molecule has 0 N–H and O–H groups in total. The van der Waals surface area contributed by atoms with Crippen molar-refractivity contribution >= 4 is 17.3 Å². The quantitative estimate of drug-likeness (QED) is 0.366. The number of hydrogen-bond acceptors (Lipinski definition) is 6. The second-order valence-corrected chi connectivity index (χ2v) is 5.38. The highest BCUT2D eigenvalue weighted by Crippen LogP contribution is 2.28. The Balaban J connectivity index is 1.96. The first kappa shape index (κ1) is 16.8. The van der Waals surface area contributed by atoms with Crippen LogP contribution in [0.5, 0.6) is 5.75 Å². The zero-order valence-electron chi connectivity index (χ0n) is 13.2. The molecule has 2 aromatic carbocycles. The molecule has 1 fully saturated rings. The number of non-ortho nitro benzene ring substituents is 1. The van der Waals surface area contributed by atoms with E-state index in [0.717, 1.165) is 6.07 Å². The Bertz CT molecular complexity index is 805. The smallest absolute Gasteiger partial charge is 0.346 e. The Morgan fingerprint density at radius 3 is 2.60 bits per heavy atom. The highest BCUT2D eigenvalue weighted by molar-refractivity contribution is 5.98. The Morgan fingerprint density at radius 1 is 1.20 bits per heavy atom. The van der Waals surface area contributed by atoms with Gasteiger partial charge in [-0.15, -0.1) is 0 Å². The minimum absolute atomic E-state index is 0.0133. The number of benzene rings is 2. The molecule has 0 atom stereocenters. The zero-order chi connectivity index (χ0) is 17.8. The second-order valence-electron chi connectivity index (χ2n) is 5.38. The van der Waals surface area contributed by atoms with Gasteiger partial charge >= 0.3 is 5.97 Å². The van der Waals surface area contributed by atoms with Crippen molar-refractivity contribution in [3.05, 3.63) is 64.0 Å². The molecule has 130 valence electrons. The molecule has 25 heavy (non-hydrogen) atoms. The van der Waals surface area contributed by atoms with Crippen LogP contribution in [0.25, 0.3) is 0 Å². The number of carbonyl (C=O) groups is 1. The minimum atomic E-state index is -0.852. The van der Waals surface area contributed by atoms with E-state index in [2.05, 4.69) is 0 Å². The number of rotatable bonds is 4. The SMILES string of the molecule is O=C(Oc1ccccc1F)c1cc([N+](=O)[O-])ccc1N1CCOCC1. The first-order chi connectivity index (χ1) is 12.1. The number of ether oxygens (including phenoxy) is 2. The molecule has 3 rings (SSSR count). The topological polar surface area (TPSA) is 81.9 Å². The molecule has 2 aromatic rings. The lowest BCUT2D eigenvalue weighted by molar-refractivity contribution is -0.384. The summed E-state index contributed by atoms with van der Waals surface area (Å²) in [6, 6.07) is 9.46. The summed E-state index contributed by atoms with van der Waals surface area (Å²) >= 11 is 0. The van der Waals surface area contributed by atoms with Crippen molar-refractivity contribution in [3.63, 3.8) is 0 Å². The summed E-state index contributed by atoms with van der Waals surface area (Å²) in [5.74, 6) is -1.77. The number of hydrogen-bond donors (Lipinski definition) is 0. The predicted molar refractivity (Wildman–Crippen MR) is 87.5 cm³/mol. The average molecular weight is 346 g/mol. The van der Waals surface area contributed by atoms with Crippen LogP contribution in [-0.2, 0) is 4.74 Å². The second kappa shape index (κ2) is 7.27. The first-order valence-electron chi connectivity index (χ1n) is 7.64. The predicted octanol–water partition coefficient (Wildman–Crippen LogP) is 2.79. The summed E-state index contributed by atoms with van der Waals surface area (Å²) < 4.78 is 24.1. The van der Waals surface area contributed by atoms with Crippen molar-refractivity contribution in [3.8, 4) is 5.75 Å². The summed E-state index contributed by atoms with van der Waals surface area (Å²) in [4.78, 5) is 24.9. The summed E-state index contributed by atoms with van der Waals surface area (Å²) in [5, 5.41) is 11.0. The van der Waals surface area contributed by atoms with Crippen LogP contribution in [0.1, 0.15) is 10.4 Å². The first-order valence-corrected chi connectivity index (χ1v) is 7.64. The van der Waals surface area contributed by atoms with Crippen LogP contribution in [0, 0.1) is 15.9 Å². The maximum Gasteiger partial charge on any atom is 0.346 e. The van der Waals surface area contributed by atoms with Gasteiger partial charge in [0.05, 0.1) is 29.4 Å². The molecule has 7 nitrogen and oxygen atoms in total. The summed E-state index contributed by atoms with van der Waals surface area (Å²) in [6.07, 6.45) is 0. The molecule has 8 heteroatoms.